The number of pyridine rings is 1. The lowest BCUT2D eigenvalue weighted by atomic mass is 9.61. The molecule has 1 aromatic heterocycles. The van der Waals surface area contributed by atoms with Gasteiger partial charge in [-0.1, -0.05) is 27.7 Å². The Labute approximate surface area is 110 Å². The lowest BCUT2D eigenvalue weighted by Gasteiger charge is -2.45. The Morgan fingerprint density at radius 3 is 2.22 bits per heavy atom. The van der Waals surface area contributed by atoms with Crippen molar-refractivity contribution in [3.05, 3.63) is 18.0 Å². The van der Waals surface area contributed by atoms with Crippen molar-refractivity contribution in [1.29, 1.82) is 0 Å². The van der Waals surface area contributed by atoms with E-state index >= 15 is 0 Å². The standard InChI is InChI=1S/C15H25N3/c1-14(2)7-10(8-15(3,4)9-14)13-12(17)11(16)5-6-18-13/h5-6,10H,7-9,17H2,1-4H3,(H2,16,18). The van der Waals surface area contributed by atoms with Gasteiger partial charge in [-0.2, -0.15) is 0 Å². The molecule has 1 fully saturated rings. The van der Waals surface area contributed by atoms with Crippen molar-refractivity contribution in [1.82, 2.24) is 4.98 Å². The number of hydrogen-bond donors (Lipinski definition) is 2. The second kappa shape index (κ2) is 4.15. The van der Waals surface area contributed by atoms with Crippen molar-refractivity contribution >= 4 is 11.4 Å². The SMILES string of the molecule is CC1(C)CC(c2nccc(N)c2N)CC(C)(C)C1. The molecule has 1 saturated carbocycles. The number of nitrogens with zero attached hydrogens (tertiary/aromatic N) is 1. The van der Waals surface area contributed by atoms with E-state index in [0.717, 1.165) is 18.5 Å². The molecule has 1 heterocycles. The van der Waals surface area contributed by atoms with Crippen molar-refractivity contribution in [2.75, 3.05) is 11.5 Å². The topological polar surface area (TPSA) is 64.9 Å². The molecule has 0 spiro atoms. The van der Waals surface area contributed by atoms with Crippen LogP contribution in [0.1, 0.15) is 58.6 Å². The van der Waals surface area contributed by atoms with Crippen LogP contribution in [0.5, 0.6) is 0 Å². The summed E-state index contributed by atoms with van der Waals surface area (Å²) >= 11 is 0. The van der Waals surface area contributed by atoms with Crippen molar-refractivity contribution in [2.45, 2.75) is 52.9 Å². The fourth-order valence-electron chi connectivity index (χ4n) is 3.87. The molecule has 2 rings (SSSR count). The number of nitrogen functional groups attached to an aromatic ring is 2. The van der Waals surface area contributed by atoms with Crippen molar-refractivity contribution in [3.63, 3.8) is 0 Å². The Hall–Kier alpha value is -1.25. The fraction of sp³-hybridized carbons (Fsp3) is 0.667. The van der Waals surface area contributed by atoms with E-state index in [0.29, 0.717) is 28.1 Å². The van der Waals surface area contributed by atoms with Gasteiger partial charge in [-0.3, -0.25) is 4.98 Å². The Kier molecular flexibility index (Phi) is 3.04. The van der Waals surface area contributed by atoms with Crippen LogP contribution in [0.25, 0.3) is 0 Å². The third-order valence-electron chi connectivity index (χ3n) is 4.00. The van der Waals surface area contributed by atoms with Gasteiger partial charge in [0.1, 0.15) is 0 Å². The maximum absolute atomic E-state index is 6.10. The molecule has 0 aliphatic heterocycles. The summed E-state index contributed by atoms with van der Waals surface area (Å²) in [5, 5.41) is 0. The Bertz CT molecular complexity index is 433. The van der Waals surface area contributed by atoms with Crippen LogP contribution in [0, 0.1) is 10.8 Å². The number of rotatable bonds is 1. The summed E-state index contributed by atoms with van der Waals surface area (Å²) < 4.78 is 0. The van der Waals surface area contributed by atoms with E-state index in [4.69, 9.17) is 11.5 Å². The largest absolute Gasteiger partial charge is 0.397 e. The summed E-state index contributed by atoms with van der Waals surface area (Å²) in [6.07, 6.45) is 5.29. The molecule has 1 aliphatic rings. The molecule has 0 bridgehead atoms. The molecule has 1 aromatic rings. The first-order valence-corrected chi connectivity index (χ1v) is 6.70. The summed E-state index contributed by atoms with van der Waals surface area (Å²) in [7, 11) is 0. The van der Waals surface area contributed by atoms with E-state index in [2.05, 4.69) is 32.7 Å². The van der Waals surface area contributed by atoms with Gasteiger partial charge in [0.25, 0.3) is 0 Å². The summed E-state index contributed by atoms with van der Waals surface area (Å²) in [6, 6.07) is 1.78. The van der Waals surface area contributed by atoms with Crippen LogP contribution in [0.3, 0.4) is 0 Å². The number of aromatic nitrogens is 1. The number of anilines is 2. The first kappa shape index (κ1) is 13.2. The fourth-order valence-corrected chi connectivity index (χ4v) is 3.87. The Morgan fingerprint density at radius 1 is 1.11 bits per heavy atom. The summed E-state index contributed by atoms with van der Waals surface area (Å²) in [5.74, 6) is 0.423. The summed E-state index contributed by atoms with van der Waals surface area (Å²) in [4.78, 5) is 4.49. The first-order chi connectivity index (χ1) is 8.20. The van der Waals surface area contributed by atoms with Crippen LogP contribution >= 0.6 is 0 Å². The smallest absolute Gasteiger partial charge is 0.0769 e. The van der Waals surface area contributed by atoms with E-state index in [9.17, 15) is 0 Å². The average Bonchev–Trinajstić information content (AvgIpc) is 2.17. The van der Waals surface area contributed by atoms with Crippen molar-refractivity contribution < 1.29 is 0 Å². The molecule has 0 saturated heterocycles. The second-order valence-electron chi connectivity index (χ2n) is 7.31. The molecular formula is C15H25N3. The summed E-state index contributed by atoms with van der Waals surface area (Å²) in [5.41, 5.74) is 15.0. The third kappa shape index (κ3) is 2.60. The zero-order chi connectivity index (χ0) is 13.6. The van der Waals surface area contributed by atoms with Gasteiger partial charge in [0.2, 0.25) is 0 Å². The van der Waals surface area contributed by atoms with Crippen LogP contribution in [0.4, 0.5) is 11.4 Å². The van der Waals surface area contributed by atoms with E-state index in [1.807, 2.05) is 0 Å². The van der Waals surface area contributed by atoms with Crippen LogP contribution < -0.4 is 11.5 Å². The zero-order valence-corrected chi connectivity index (χ0v) is 12.0. The molecule has 3 nitrogen and oxygen atoms in total. The second-order valence-corrected chi connectivity index (χ2v) is 7.31. The summed E-state index contributed by atoms with van der Waals surface area (Å²) in [6.45, 7) is 9.35. The average molecular weight is 247 g/mol. The minimum Gasteiger partial charge on any atom is -0.397 e. The van der Waals surface area contributed by atoms with Gasteiger partial charge in [-0.05, 0) is 36.2 Å². The monoisotopic (exact) mass is 247 g/mol. The number of hydrogen-bond acceptors (Lipinski definition) is 3. The van der Waals surface area contributed by atoms with E-state index < -0.39 is 0 Å². The van der Waals surface area contributed by atoms with E-state index in [-0.39, 0.29) is 0 Å². The first-order valence-electron chi connectivity index (χ1n) is 6.70. The third-order valence-corrected chi connectivity index (χ3v) is 4.00. The molecule has 0 atom stereocenters. The van der Waals surface area contributed by atoms with Crippen LogP contribution in [-0.4, -0.2) is 4.98 Å². The quantitative estimate of drug-likeness (QED) is 0.797. The van der Waals surface area contributed by atoms with Gasteiger partial charge in [0.15, 0.2) is 0 Å². The molecule has 4 N–H and O–H groups in total. The molecular weight excluding hydrogens is 222 g/mol. The predicted molar refractivity (Wildman–Crippen MR) is 77.2 cm³/mol. The highest BCUT2D eigenvalue weighted by atomic mass is 14.8. The van der Waals surface area contributed by atoms with Gasteiger partial charge in [-0.25, -0.2) is 0 Å². The molecule has 0 amide bonds. The molecule has 0 radical (unpaired) electrons. The lowest BCUT2D eigenvalue weighted by Crippen LogP contribution is -2.33. The van der Waals surface area contributed by atoms with Gasteiger partial charge in [0.05, 0.1) is 17.1 Å². The van der Waals surface area contributed by atoms with Gasteiger partial charge < -0.3 is 11.5 Å². The Morgan fingerprint density at radius 2 is 1.67 bits per heavy atom. The number of nitrogens with two attached hydrogens (primary N) is 2. The highest BCUT2D eigenvalue weighted by molar-refractivity contribution is 5.65. The minimum atomic E-state index is 0.338. The van der Waals surface area contributed by atoms with Crippen molar-refractivity contribution in [2.24, 2.45) is 10.8 Å². The van der Waals surface area contributed by atoms with E-state index in [1.165, 1.54) is 6.42 Å². The zero-order valence-electron chi connectivity index (χ0n) is 12.0. The van der Waals surface area contributed by atoms with Crippen molar-refractivity contribution in [3.8, 4) is 0 Å². The minimum absolute atomic E-state index is 0.338. The van der Waals surface area contributed by atoms with Gasteiger partial charge in [0, 0.05) is 12.1 Å². The highest BCUT2D eigenvalue weighted by Gasteiger charge is 2.40. The Balaban J connectivity index is 2.36. The van der Waals surface area contributed by atoms with Crippen LogP contribution in [0.2, 0.25) is 0 Å². The van der Waals surface area contributed by atoms with Crippen LogP contribution in [0.15, 0.2) is 12.3 Å². The molecule has 0 aromatic carbocycles. The van der Waals surface area contributed by atoms with E-state index in [1.54, 1.807) is 12.3 Å². The molecule has 100 valence electrons. The van der Waals surface area contributed by atoms with Gasteiger partial charge >= 0.3 is 0 Å². The normalized spacial score (nSPS) is 22.9. The predicted octanol–water partition coefficient (Wildman–Crippen LogP) is 3.57. The maximum Gasteiger partial charge on any atom is 0.0769 e. The maximum atomic E-state index is 6.10. The molecule has 18 heavy (non-hydrogen) atoms. The molecule has 3 heteroatoms. The molecule has 1 aliphatic carbocycles. The lowest BCUT2D eigenvalue weighted by molar-refractivity contribution is 0.0958. The highest BCUT2D eigenvalue weighted by Crippen LogP contribution is 2.52. The van der Waals surface area contributed by atoms with Crippen LogP contribution in [-0.2, 0) is 0 Å². The molecule has 0 unspecified atom stereocenters. The van der Waals surface area contributed by atoms with Gasteiger partial charge in [-0.15, -0.1) is 0 Å².